The second-order valence-electron chi connectivity index (χ2n) is 12.4. The van der Waals surface area contributed by atoms with Gasteiger partial charge < -0.3 is 8.83 Å². The van der Waals surface area contributed by atoms with Gasteiger partial charge in [0, 0.05) is 38.2 Å². The summed E-state index contributed by atoms with van der Waals surface area (Å²) in [6, 6.07) is 55.7. The highest BCUT2D eigenvalue weighted by Gasteiger charge is 2.20. The van der Waals surface area contributed by atoms with Crippen LogP contribution in [0, 0.1) is 0 Å². The fourth-order valence-electron chi connectivity index (χ4n) is 6.90. The van der Waals surface area contributed by atoms with Gasteiger partial charge in [-0.05, 0) is 41.0 Å². The fourth-order valence-corrected chi connectivity index (χ4v) is 6.90. The predicted octanol–water partition coefficient (Wildman–Crippen LogP) is 12.0. The standard InChI is InChI=1S/C45H27N3O2/c1-3-11-28(12-4-1)29-21-23-31(24-22-29)43-46-44(32-25-26-35-34-15-7-8-20-39(34)49-40(35)27-32)48-45(47-43)38-19-10-18-37-36-17-9-16-33(41(36)50-42(37)38)30-13-5-2-6-14-30/h1-27H. The van der Waals surface area contributed by atoms with Gasteiger partial charge in [0.2, 0.25) is 0 Å². The van der Waals surface area contributed by atoms with Crippen molar-refractivity contribution in [1.29, 1.82) is 0 Å². The number of fused-ring (bicyclic) bond motifs is 6. The predicted molar refractivity (Wildman–Crippen MR) is 202 cm³/mol. The van der Waals surface area contributed by atoms with Crippen molar-refractivity contribution in [3.05, 3.63) is 164 Å². The van der Waals surface area contributed by atoms with Gasteiger partial charge in [0.1, 0.15) is 22.3 Å². The quantitative estimate of drug-likeness (QED) is 0.187. The van der Waals surface area contributed by atoms with E-state index in [0.29, 0.717) is 17.5 Å². The van der Waals surface area contributed by atoms with Crippen molar-refractivity contribution in [3.8, 4) is 56.4 Å². The summed E-state index contributed by atoms with van der Waals surface area (Å²) in [5, 5.41) is 4.19. The van der Waals surface area contributed by atoms with Gasteiger partial charge in [0.05, 0.1) is 5.56 Å². The van der Waals surface area contributed by atoms with Crippen LogP contribution in [0.3, 0.4) is 0 Å². The molecule has 3 heterocycles. The highest BCUT2D eigenvalue weighted by molar-refractivity contribution is 6.12. The van der Waals surface area contributed by atoms with Gasteiger partial charge in [0.15, 0.2) is 17.5 Å². The van der Waals surface area contributed by atoms with E-state index in [4.69, 9.17) is 23.8 Å². The highest BCUT2D eigenvalue weighted by atomic mass is 16.3. The molecular weight excluding hydrogens is 615 g/mol. The minimum atomic E-state index is 0.535. The largest absolute Gasteiger partial charge is 0.456 e. The third-order valence-electron chi connectivity index (χ3n) is 9.37. The molecule has 5 heteroatoms. The van der Waals surface area contributed by atoms with Crippen LogP contribution in [0.15, 0.2) is 173 Å². The van der Waals surface area contributed by atoms with Crippen molar-refractivity contribution in [2.75, 3.05) is 0 Å². The smallest absolute Gasteiger partial charge is 0.167 e. The molecule has 50 heavy (non-hydrogen) atoms. The van der Waals surface area contributed by atoms with Gasteiger partial charge in [-0.25, -0.2) is 15.0 Å². The van der Waals surface area contributed by atoms with E-state index in [1.807, 2.05) is 72.8 Å². The van der Waals surface area contributed by atoms with Crippen LogP contribution in [0.2, 0.25) is 0 Å². The maximum Gasteiger partial charge on any atom is 0.167 e. The maximum atomic E-state index is 6.76. The number of para-hydroxylation sites is 3. The first-order valence-electron chi connectivity index (χ1n) is 16.6. The second kappa shape index (κ2) is 11.4. The van der Waals surface area contributed by atoms with Gasteiger partial charge >= 0.3 is 0 Å². The van der Waals surface area contributed by atoms with Crippen molar-refractivity contribution in [2.45, 2.75) is 0 Å². The normalized spacial score (nSPS) is 11.6. The molecule has 0 spiro atoms. The van der Waals surface area contributed by atoms with E-state index in [2.05, 4.69) is 91.0 Å². The van der Waals surface area contributed by atoms with E-state index < -0.39 is 0 Å². The van der Waals surface area contributed by atoms with Crippen molar-refractivity contribution < 1.29 is 8.83 Å². The topological polar surface area (TPSA) is 65.0 Å². The van der Waals surface area contributed by atoms with Crippen molar-refractivity contribution >= 4 is 43.9 Å². The van der Waals surface area contributed by atoms with E-state index in [1.54, 1.807) is 0 Å². The first-order chi connectivity index (χ1) is 24.8. The average molecular weight is 642 g/mol. The number of hydrogen-bond donors (Lipinski definition) is 0. The van der Waals surface area contributed by atoms with E-state index in [-0.39, 0.29) is 0 Å². The molecule has 0 aliphatic carbocycles. The van der Waals surface area contributed by atoms with Crippen LogP contribution in [0.25, 0.3) is 100 Å². The summed E-state index contributed by atoms with van der Waals surface area (Å²) in [5.41, 5.74) is 10.2. The zero-order valence-electron chi connectivity index (χ0n) is 26.7. The molecule has 0 saturated heterocycles. The Bertz CT molecular complexity index is 2850. The van der Waals surface area contributed by atoms with Gasteiger partial charge in [0.25, 0.3) is 0 Å². The minimum Gasteiger partial charge on any atom is -0.456 e. The average Bonchev–Trinajstić information content (AvgIpc) is 3.77. The monoisotopic (exact) mass is 641 g/mol. The van der Waals surface area contributed by atoms with Crippen LogP contribution in [-0.4, -0.2) is 15.0 Å². The summed E-state index contributed by atoms with van der Waals surface area (Å²) < 4.78 is 13.0. The third-order valence-corrected chi connectivity index (χ3v) is 9.37. The Balaban J connectivity index is 1.17. The lowest BCUT2D eigenvalue weighted by molar-refractivity contribution is 0.669. The molecule has 0 radical (unpaired) electrons. The fraction of sp³-hybridized carbons (Fsp3) is 0. The summed E-state index contributed by atoms with van der Waals surface area (Å²) >= 11 is 0. The zero-order valence-corrected chi connectivity index (χ0v) is 26.7. The van der Waals surface area contributed by atoms with E-state index in [1.165, 1.54) is 0 Å². The molecule has 0 atom stereocenters. The second-order valence-corrected chi connectivity index (χ2v) is 12.4. The van der Waals surface area contributed by atoms with Gasteiger partial charge in [-0.2, -0.15) is 0 Å². The molecule has 0 bridgehead atoms. The summed E-state index contributed by atoms with van der Waals surface area (Å²) in [7, 11) is 0. The number of rotatable bonds is 5. The van der Waals surface area contributed by atoms with Gasteiger partial charge in [-0.15, -0.1) is 0 Å². The Morgan fingerprint density at radius 3 is 1.58 bits per heavy atom. The first kappa shape index (κ1) is 28.2. The maximum absolute atomic E-state index is 6.76. The lowest BCUT2D eigenvalue weighted by Crippen LogP contribution is -2.00. The first-order valence-corrected chi connectivity index (χ1v) is 16.6. The molecular formula is C45H27N3O2. The molecule has 0 amide bonds. The number of aromatic nitrogens is 3. The molecule has 0 aliphatic heterocycles. The molecule has 0 fully saturated rings. The summed E-state index contributed by atoms with van der Waals surface area (Å²) in [6.45, 7) is 0. The van der Waals surface area contributed by atoms with E-state index in [0.717, 1.165) is 82.8 Å². The number of nitrogens with zero attached hydrogens (tertiary/aromatic N) is 3. The molecule has 10 aromatic rings. The molecule has 0 unspecified atom stereocenters. The SMILES string of the molecule is c1ccc(-c2ccc(-c3nc(-c4ccc5c(c4)oc4ccccc45)nc(-c4cccc5c4oc4c(-c6ccccc6)cccc45)n3)cc2)cc1. The van der Waals surface area contributed by atoms with E-state index >= 15 is 0 Å². The Morgan fingerprint density at radius 1 is 0.300 bits per heavy atom. The third kappa shape index (κ3) is 4.67. The van der Waals surface area contributed by atoms with Crippen molar-refractivity contribution in [3.63, 3.8) is 0 Å². The zero-order chi connectivity index (χ0) is 33.0. The van der Waals surface area contributed by atoms with Crippen molar-refractivity contribution in [1.82, 2.24) is 15.0 Å². The van der Waals surface area contributed by atoms with Gasteiger partial charge in [-0.3, -0.25) is 0 Å². The molecule has 10 rings (SSSR count). The Labute approximate surface area is 287 Å². The molecule has 5 nitrogen and oxygen atoms in total. The van der Waals surface area contributed by atoms with E-state index in [9.17, 15) is 0 Å². The van der Waals surface area contributed by atoms with Crippen molar-refractivity contribution in [2.24, 2.45) is 0 Å². The lowest BCUT2D eigenvalue weighted by Gasteiger charge is -2.09. The molecule has 0 N–H and O–H groups in total. The molecule has 0 aliphatic rings. The summed E-state index contributed by atoms with van der Waals surface area (Å²) in [6.07, 6.45) is 0. The molecule has 7 aromatic carbocycles. The number of benzene rings is 7. The van der Waals surface area contributed by atoms with Crippen LogP contribution < -0.4 is 0 Å². The highest BCUT2D eigenvalue weighted by Crippen LogP contribution is 2.40. The van der Waals surface area contributed by atoms with Crippen LogP contribution in [0.4, 0.5) is 0 Å². The van der Waals surface area contributed by atoms with Crippen LogP contribution >= 0.6 is 0 Å². The summed E-state index contributed by atoms with van der Waals surface area (Å²) in [5.74, 6) is 1.66. The molecule has 0 saturated carbocycles. The molecule has 234 valence electrons. The van der Waals surface area contributed by atoms with Gasteiger partial charge in [-0.1, -0.05) is 140 Å². The molecule has 3 aromatic heterocycles. The Hall–Kier alpha value is -6.85. The van der Waals surface area contributed by atoms with Crippen LogP contribution in [-0.2, 0) is 0 Å². The lowest BCUT2D eigenvalue weighted by atomic mass is 10.0. The summed E-state index contributed by atoms with van der Waals surface area (Å²) in [4.78, 5) is 15.2. The minimum absolute atomic E-state index is 0.535. The van der Waals surface area contributed by atoms with Crippen LogP contribution in [0.1, 0.15) is 0 Å². The number of hydrogen-bond acceptors (Lipinski definition) is 5. The number of furan rings is 2. The Morgan fingerprint density at radius 2 is 0.820 bits per heavy atom. The van der Waals surface area contributed by atoms with Crippen LogP contribution in [0.5, 0.6) is 0 Å². The Kier molecular flexibility index (Phi) is 6.42.